The molecule has 0 saturated carbocycles. The molecule has 0 fully saturated rings. The van der Waals surface area contributed by atoms with E-state index in [0.29, 0.717) is 0 Å². The molecule has 2 aromatic heterocycles. The van der Waals surface area contributed by atoms with Crippen LogP contribution in [0.15, 0.2) is 140 Å². The third-order valence-corrected chi connectivity index (χ3v) is 11.0. The molecule has 0 bridgehead atoms. The van der Waals surface area contributed by atoms with Crippen molar-refractivity contribution in [2.45, 2.75) is 41.5 Å². The molecule has 2 heterocycles. The van der Waals surface area contributed by atoms with Crippen LogP contribution >= 0.6 is 0 Å². The van der Waals surface area contributed by atoms with Crippen LogP contribution in [0.5, 0.6) is 0 Å². The van der Waals surface area contributed by atoms with Gasteiger partial charge >= 0.3 is 0 Å². The zero-order valence-corrected chi connectivity index (χ0v) is 30.3. The first-order valence-electron chi connectivity index (χ1n) is 18.1. The van der Waals surface area contributed by atoms with Crippen LogP contribution in [-0.2, 0) is 0 Å². The van der Waals surface area contributed by atoms with Gasteiger partial charge in [0, 0.05) is 32.9 Å². The van der Waals surface area contributed by atoms with E-state index in [4.69, 9.17) is 0 Å². The van der Waals surface area contributed by atoms with Gasteiger partial charge < -0.3 is 9.13 Å². The maximum absolute atomic E-state index is 2.53. The Hall–Kier alpha value is -5.80. The van der Waals surface area contributed by atoms with E-state index in [1.165, 1.54) is 105 Å². The third kappa shape index (κ3) is 4.87. The topological polar surface area (TPSA) is 9.86 Å². The molecular weight excluding hydrogens is 615 g/mol. The van der Waals surface area contributed by atoms with Gasteiger partial charge in [-0.25, -0.2) is 0 Å². The summed E-state index contributed by atoms with van der Waals surface area (Å²) in [5.41, 5.74) is 19.3. The number of nitrogens with zero attached hydrogens (tertiary/aromatic N) is 2. The lowest BCUT2D eigenvalue weighted by atomic mass is 9.34. The fourth-order valence-corrected chi connectivity index (χ4v) is 9.25. The summed E-state index contributed by atoms with van der Waals surface area (Å²) >= 11 is 0. The first kappa shape index (κ1) is 31.2. The van der Waals surface area contributed by atoms with Crippen molar-refractivity contribution in [3.63, 3.8) is 0 Å². The minimum Gasteiger partial charge on any atom is -0.309 e. The Labute approximate surface area is 300 Å². The van der Waals surface area contributed by atoms with Gasteiger partial charge in [0.25, 0.3) is 0 Å². The van der Waals surface area contributed by atoms with Crippen molar-refractivity contribution in [3.05, 3.63) is 173 Å². The predicted octanol–water partition coefficient (Wildman–Crippen LogP) is 10.2. The van der Waals surface area contributed by atoms with Crippen LogP contribution < -0.4 is 16.4 Å². The number of hydrogen-bond acceptors (Lipinski definition) is 0. The Balaban J connectivity index is 1.38. The summed E-state index contributed by atoms with van der Waals surface area (Å²) in [7, 11) is 0. The van der Waals surface area contributed by atoms with Crippen molar-refractivity contribution in [1.29, 1.82) is 0 Å². The SMILES string of the molecule is Cc1cc(C)c(B(c2cccc(-n3c4ccccc4c4ccc5c(c6ccccc6n5-c5ccccc5)c43)c2)c2c(C)cc(C)cc2C)c(C)c1. The van der Waals surface area contributed by atoms with Crippen LogP contribution in [0, 0.1) is 41.5 Å². The normalized spacial score (nSPS) is 11.7. The molecule has 0 N–H and O–H groups in total. The highest BCUT2D eigenvalue weighted by atomic mass is 15.0. The quantitative estimate of drug-likeness (QED) is 0.163. The monoisotopic (exact) mass is 656 g/mol. The molecule has 0 aliphatic carbocycles. The summed E-state index contributed by atoms with van der Waals surface area (Å²) < 4.78 is 4.95. The van der Waals surface area contributed by atoms with E-state index in [9.17, 15) is 0 Å². The van der Waals surface area contributed by atoms with E-state index in [0.717, 1.165) is 0 Å². The molecule has 246 valence electrons. The van der Waals surface area contributed by atoms with Gasteiger partial charge in [0.2, 0.25) is 6.71 Å². The van der Waals surface area contributed by atoms with Gasteiger partial charge in [-0.2, -0.15) is 0 Å². The standard InChI is InChI=1S/C48H41BN2/c1-30-25-32(3)46(33(4)26-30)49(47-34(5)27-31(2)28-35(47)6)36-15-14-18-38(29-36)51-42-21-12-10-19-39(42)40-23-24-44-45(48(40)51)41-20-11-13-22-43(41)50(44)37-16-8-7-9-17-37/h7-29H,1-6H3. The van der Waals surface area contributed by atoms with Crippen molar-refractivity contribution < 1.29 is 0 Å². The summed E-state index contributed by atoms with van der Waals surface area (Å²) in [6, 6.07) is 52.0. The molecule has 51 heavy (non-hydrogen) atoms. The molecule has 0 amide bonds. The lowest BCUT2D eigenvalue weighted by Gasteiger charge is -2.25. The Morgan fingerprint density at radius 2 is 0.922 bits per heavy atom. The molecule has 7 aromatic carbocycles. The average molecular weight is 657 g/mol. The van der Waals surface area contributed by atoms with Gasteiger partial charge in [0.05, 0.1) is 22.1 Å². The molecule has 2 nitrogen and oxygen atoms in total. The highest BCUT2D eigenvalue weighted by molar-refractivity contribution is 6.96. The number of benzene rings is 7. The first-order chi connectivity index (χ1) is 24.8. The third-order valence-electron chi connectivity index (χ3n) is 11.0. The summed E-state index contributed by atoms with van der Waals surface area (Å²) in [6.07, 6.45) is 0. The van der Waals surface area contributed by atoms with Crippen LogP contribution in [0.4, 0.5) is 0 Å². The van der Waals surface area contributed by atoms with Gasteiger partial charge in [-0.15, -0.1) is 0 Å². The number of aromatic nitrogens is 2. The molecule has 0 radical (unpaired) electrons. The summed E-state index contributed by atoms with van der Waals surface area (Å²) in [6.45, 7) is 13.7. The lowest BCUT2D eigenvalue weighted by Crippen LogP contribution is -2.55. The van der Waals surface area contributed by atoms with Gasteiger partial charge in [0.15, 0.2) is 0 Å². The van der Waals surface area contributed by atoms with Crippen LogP contribution in [0.3, 0.4) is 0 Å². The number of para-hydroxylation sites is 3. The van der Waals surface area contributed by atoms with E-state index in [1.807, 2.05) is 0 Å². The van der Waals surface area contributed by atoms with E-state index >= 15 is 0 Å². The Morgan fingerprint density at radius 3 is 1.55 bits per heavy atom. The van der Waals surface area contributed by atoms with E-state index in [2.05, 4.69) is 190 Å². The van der Waals surface area contributed by atoms with Crippen molar-refractivity contribution in [2.75, 3.05) is 0 Å². The second-order valence-corrected chi connectivity index (χ2v) is 14.5. The smallest absolute Gasteiger partial charge is 0.242 e. The zero-order chi connectivity index (χ0) is 35.0. The molecule has 0 aliphatic rings. The number of rotatable bonds is 5. The molecule has 3 heteroatoms. The number of hydrogen-bond donors (Lipinski definition) is 0. The highest BCUT2D eigenvalue weighted by Crippen LogP contribution is 2.41. The molecule has 0 spiro atoms. The van der Waals surface area contributed by atoms with Gasteiger partial charge in [-0.1, -0.05) is 147 Å². The van der Waals surface area contributed by atoms with Crippen LogP contribution in [0.1, 0.15) is 33.4 Å². The molecule has 0 atom stereocenters. The minimum absolute atomic E-state index is 0.0965. The van der Waals surface area contributed by atoms with Crippen LogP contribution in [-0.4, -0.2) is 15.8 Å². The van der Waals surface area contributed by atoms with E-state index in [1.54, 1.807) is 0 Å². The molecule has 9 rings (SSSR count). The van der Waals surface area contributed by atoms with Gasteiger partial charge in [-0.05, 0) is 84.0 Å². The maximum Gasteiger partial charge on any atom is 0.242 e. The molecule has 0 unspecified atom stereocenters. The van der Waals surface area contributed by atoms with Crippen molar-refractivity contribution in [1.82, 2.24) is 9.13 Å². The van der Waals surface area contributed by atoms with Crippen LogP contribution in [0.2, 0.25) is 0 Å². The van der Waals surface area contributed by atoms with Gasteiger partial charge in [-0.3, -0.25) is 0 Å². The summed E-state index contributed by atoms with van der Waals surface area (Å²) in [4.78, 5) is 0. The lowest BCUT2D eigenvalue weighted by molar-refractivity contribution is 1.17. The molecule has 0 aliphatic heterocycles. The summed E-state index contributed by atoms with van der Waals surface area (Å²) in [5.74, 6) is 0. The van der Waals surface area contributed by atoms with Crippen molar-refractivity contribution in [3.8, 4) is 11.4 Å². The largest absolute Gasteiger partial charge is 0.309 e. The van der Waals surface area contributed by atoms with Crippen molar-refractivity contribution in [2.24, 2.45) is 0 Å². The fourth-order valence-electron chi connectivity index (χ4n) is 9.25. The average Bonchev–Trinajstić information content (AvgIpc) is 3.63. The zero-order valence-electron chi connectivity index (χ0n) is 30.3. The predicted molar refractivity (Wildman–Crippen MR) is 221 cm³/mol. The second-order valence-electron chi connectivity index (χ2n) is 14.5. The molecular formula is C48H41BN2. The van der Waals surface area contributed by atoms with Crippen LogP contribution in [0.25, 0.3) is 55.0 Å². The fraction of sp³-hybridized carbons (Fsp3) is 0.125. The number of aryl methyl sites for hydroxylation is 6. The maximum atomic E-state index is 2.53. The first-order valence-corrected chi connectivity index (χ1v) is 18.1. The summed E-state index contributed by atoms with van der Waals surface area (Å²) in [5, 5.41) is 5.08. The Bertz CT molecular complexity index is 2710. The second kappa shape index (κ2) is 11.9. The van der Waals surface area contributed by atoms with E-state index < -0.39 is 0 Å². The Kier molecular flexibility index (Phi) is 7.29. The molecule has 9 aromatic rings. The highest BCUT2D eigenvalue weighted by Gasteiger charge is 2.29. The number of fused-ring (bicyclic) bond motifs is 7. The minimum atomic E-state index is 0.0965. The van der Waals surface area contributed by atoms with Crippen molar-refractivity contribution >= 4 is 66.7 Å². The Morgan fingerprint density at radius 1 is 0.392 bits per heavy atom. The van der Waals surface area contributed by atoms with Gasteiger partial charge in [0.1, 0.15) is 0 Å². The van der Waals surface area contributed by atoms with E-state index in [-0.39, 0.29) is 6.71 Å². The molecule has 0 saturated heterocycles.